The second-order valence-electron chi connectivity index (χ2n) is 7.95. The van der Waals surface area contributed by atoms with Crippen molar-refractivity contribution in [3.63, 3.8) is 0 Å². The van der Waals surface area contributed by atoms with E-state index in [9.17, 15) is 0 Å². The first-order valence-corrected chi connectivity index (χ1v) is 10.6. The standard InChI is InChI=1S/C22H27N7O/c1-27-16-18(15-24-27)22-25-20(17-3-2-6-23-14-17)13-21(26-22)29-7-4-19(5-8-29)28-9-11-30-12-10-28/h2-3,6,13-16,19H,4-5,7-12H2,1H3. The van der Waals surface area contributed by atoms with Gasteiger partial charge >= 0.3 is 0 Å². The van der Waals surface area contributed by atoms with E-state index in [2.05, 4.69) is 25.9 Å². The lowest BCUT2D eigenvalue weighted by atomic mass is 10.0. The molecule has 5 rings (SSSR count). The van der Waals surface area contributed by atoms with Gasteiger partial charge in [0.25, 0.3) is 0 Å². The van der Waals surface area contributed by atoms with Crippen molar-refractivity contribution < 1.29 is 4.74 Å². The number of pyridine rings is 1. The summed E-state index contributed by atoms with van der Waals surface area (Å²) in [6, 6.07) is 6.71. The Morgan fingerprint density at radius 3 is 2.53 bits per heavy atom. The molecular weight excluding hydrogens is 378 g/mol. The number of ether oxygens (including phenoxy) is 1. The van der Waals surface area contributed by atoms with Gasteiger partial charge in [-0.3, -0.25) is 14.6 Å². The van der Waals surface area contributed by atoms with Crippen molar-refractivity contribution in [2.24, 2.45) is 7.05 Å². The molecule has 8 nitrogen and oxygen atoms in total. The molecule has 0 unspecified atom stereocenters. The number of rotatable bonds is 4. The Morgan fingerprint density at radius 2 is 1.83 bits per heavy atom. The highest BCUT2D eigenvalue weighted by molar-refractivity contribution is 5.67. The molecule has 0 amide bonds. The normalized spacial score (nSPS) is 18.6. The number of aromatic nitrogens is 5. The molecule has 0 N–H and O–H groups in total. The van der Waals surface area contributed by atoms with Crippen LogP contribution in [0.2, 0.25) is 0 Å². The molecule has 2 fully saturated rings. The van der Waals surface area contributed by atoms with Gasteiger partial charge in [0, 0.05) is 69.5 Å². The molecule has 156 valence electrons. The number of anilines is 1. The summed E-state index contributed by atoms with van der Waals surface area (Å²) < 4.78 is 7.29. The van der Waals surface area contributed by atoms with Gasteiger partial charge in [0.05, 0.1) is 30.7 Å². The van der Waals surface area contributed by atoms with Crippen LogP contribution in [0.4, 0.5) is 5.82 Å². The predicted molar refractivity (Wildman–Crippen MR) is 115 cm³/mol. The number of hydrogen-bond acceptors (Lipinski definition) is 7. The first kappa shape index (κ1) is 19.1. The van der Waals surface area contributed by atoms with Gasteiger partial charge < -0.3 is 9.64 Å². The topological polar surface area (TPSA) is 72.2 Å². The van der Waals surface area contributed by atoms with Crippen molar-refractivity contribution in [3.05, 3.63) is 43.0 Å². The Morgan fingerprint density at radius 1 is 1.00 bits per heavy atom. The van der Waals surface area contributed by atoms with E-state index in [1.165, 1.54) is 0 Å². The maximum absolute atomic E-state index is 5.51. The van der Waals surface area contributed by atoms with Crippen LogP contribution < -0.4 is 4.90 Å². The Hall–Kier alpha value is -2.84. The fourth-order valence-corrected chi connectivity index (χ4v) is 4.33. The molecule has 0 atom stereocenters. The lowest BCUT2D eigenvalue weighted by molar-refractivity contribution is 0.0115. The number of aryl methyl sites for hydroxylation is 1. The number of piperidine rings is 1. The molecule has 0 saturated carbocycles. The lowest BCUT2D eigenvalue weighted by Gasteiger charge is -2.40. The van der Waals surface area contributed by atoms with E-state index < -0.39 is 0 Å². The van der Waals surface area contributed by atoms with E-state index in [4.69, 9.17) is 14.7 Å². The minimum atomic E-state index is 0.641. The maximum Gasteiger partial charge on any atom is 0.165 e. The molecule has 8 heteroatoms. The predicted octanol–water partition coefficient (Wildman–Crippen LogP) is 2.24. The smallest absolute Gasteiger partial charge is 0.165 e. The summed E-state index contributed by atoms with van der Waals surface area (Å²) in [5, 5.41) is 4.29. The number of hydrogen-bond donors (Lipinski definition) is 0. The molecule has 2 aliphatic rings. The van der Waals surface area contributed by atoms with Crippen molar-refractivity contribution >= 4 is 5.82 Å². The van der Waals surface area contributed by atoms with Gasteiger partial charge in [-0.1, -0.05) is 0 Å². The summed E-state index contributed by atoms with van der Waals surface area (Å²) in [7, 11) is 1.91. The van der Waals surface area contributed by atoms with Gasteiger partial charge in [-0.05, 0) is 25.0 Å². The summed E-state index contributed by atoms with van der Waals surface area (Å²) in [4.78, 5) is 19.0. The lowest BCUT2D eigenvalue weighted by Crippen LogP contribution is -2.49. The van der Waals surface area contributed by atoms with Gasteiger partial charge in [-0.2, -0.15) is 5.10 Å². The van der Waals surface area contributed by atoms with Gasteiger partial charge in [-0.25, -0.2) is 9.97 Å². The van der Waals surface area contributed by atoms with E-state index in [0.717, 1.165) is 74.9 Å². The molecule has 3 aromatic rings. The van der Waals surface area contributed by atoms with Crippen LogP contribution in [-0.2, 0) is 11.8 Å². The van der Waals surface area contributed by atoms with Gasteiger partial charge in [0.2, 0.25) is 0 Å². The van der Waals surface area contributed by atoms with Crippen LogP contribution in [0.5, 0.6) is 0 Å². The molecule has 5 heterocycles. The molecule has 2 saturated heterocycles. The number of morpholine rings is 1. The highest BCUT2D eigenvalue weighted by Gasteiger charge is 2.27. The van der Waals surface area contributed by atoms with E-state index in [0.29, 0.717) is 11.9 Å². The fourth-order valence-electron chi connectivity index (χ4n) is 4.33. The molecule has 0 radical (unpaired) electrons. The van der Waals surface area contributed by atoms with E-state index >= 15 is 0 Å². The molecule has 0 aliphatic carbocycles. The average Bonchev–Trinajstić information content (AvgIpc) is 3.26. The summed E-state index contributed by atoms with van der Waals surface area (Å²) in [5.74, 6) is 1.68. The monoisotopic (exact) mass is 405 g/mol. The van der Waals surface area contributed by atoms with Crippen molar-refractivity contribution in [1.29, 1.82) is 0 Å². The molecule has 0 bridgehead atoms. The zero-order chi connectivity index (χ0) is 20.3. The average molecular weight is 406 g/mol. The third-order valence-corrected chi connectivity index (χ3v) is 5.98. The zero-order valence-electron chi connectivity index (χ0n) is 17.3. The van der Waals surface area contributed by atoms with Gasteiger partial charge in [-0.15, -0.1) is 0 Å². The van der Waals surface area contributed by atoms with Crippen LogP contribution in [0.15, 0.2) is 43.0 Å². The Kier molecular flexibility index (Phi) is 5.42. The minimum absolute atomic E-state index is 0.641. The fraction of sp³-hybridized carbons (Fsp3) is 0.455. The van der Waals surface area contributed by atoms with Crippen LogP contribution in [0, 0.1) is 0 Å². The van der Waals surface area contributed by atoms with Gasteiger partial charge in [0.1, 0.15) is 5.82 Å². The van der Waals surface area contributed by atoms with E-state index in [1.807, 2.05) is 37.8 Å². The van der Waals surface area contributed by atoms with Crippen molar-refractivity contribution in [1.82, 2.24) is 29.6 Å². The highest BCUT2D eigenvalue weighted by Crippen LogP contribution is 2.28. The minimum Gasteiger partial charge on any atom is -0.379 e. The van der Waals surface area contributed by atoms with Crippen LogP contribution in [0.25, 0.3) is 22.6 Å². The molecule has 0 aromatic carbocycles. The summed E-state index contributed by atoms with van der Waals surface area (Å²) in [6.45, 7) is 5.81. The third kappa shape index (κ3) is 4.06. The molecule has 2 aliphatic heterocycles. The first-order chi connectivity index (χ1) is 14.8. The van der Waals surface area contributed by atoms with Crippen molar-refractivity contribution in [3.8, 4) is 22.6 Å². The zero-order valence-corrected chi connectivity index (χ0v) is 17.3. The SMILES string of the molecule is Cn1cc(-c2nc(-c3cccnc3)cc(N3CCC(N4CCOCC4)CC3)n2)cn1. The van der Waals surface area contributed by atoms with Crippen LogP contribution in [0.3, 0.4) is 0 Å². The van der Waals surface area contributed by atoms with Crippen LogP contribution in [0.1, 0.15) is 12.8 Å². The quantitative estimate of drug-likeness (QED) is 0.659. The second-order valence-corrected chi connectivity index (χ2v) is 7.95. The van der Waals surface area contributed by atoms with Crippen molar-refractivity contribution in [2.45, 2.75) is 18.9 Å². The molecule has 30 heavy (non-hydrogen) atoms. The molecular formula is C22H27N7O. The van der Waals surface area contributed by atoms with Crippen molar-refractivity contribution in [2.75, 3.05) is 44.3 Å². The summed E-state index contributed by atoms with van der Waals surface area (Å²) in [6.07, 6.45) is 9.70. The van der Waals surface area contributed by atoms with Crippen LogP contribution >= 0.6 is 0 Å². The van der Waals surface area contributed by atoms with E-state index in [1.54, 1.807) is 10.9 Å². The third-order valence-electron chi connectivity index (χ3n) is 5.98. The molecule has 3 aromatic heterocycles. The van der Waals surface area contributed by atoms with E-state index in [-0.39, 0.29) is 0 Å². The number of nitrogens with zero attached hydrogens (tertiary/aromatic N) is 7. The van der Waals surface area contributed by atoms with Crippen LogP contribution in [-0.4, -0.2) is 75.1 Å². The summed E-state index contributed by atoms with van der Waals surface area (Å²) >= 11 is 0. The Bertz CT molecular complexity index is 976. The first-order valence-electron chi connectivity index (χ1n) is 10.6. The second kappa shape index (κ2) is 8.49. The Labute approximate surface area is 176 Å². The summed E-state index contributed by atoms with van der Waals surface area (Å²) in [5.41, 5.74) is 2.81. The highest BCUT2D eigenvalue weighted by atomic mass is 16.5. The van der Waals surface area contributed by atoms with Gasteiger partial charge in [0.15, 0.2) is 5.82 Å². The maximum atomic E-state index is 5.51. The largest absolute Gasteiger partial charge is 0.379 e. The molecule has 0 spiro atoms. The Balaban J connectivity index is 1.41.